The Kier molecular flexibility index (Phi) is 6.77. The van der Waals surface area contributed by atoms with Crippen molar-refractivity contribution in [3.63, 3.8) is 0 Å². The summed E-state index contributed by atoms with van der Waals surface area (Å²) >= 11 is 2.75. The van der Waals surface area contributed by atoms with Gasteiger partial charge >= 0.3 is 0 Å². The fourth-order valence-corrected chi connectivity index (χ4v) is 4.96. The molecule has 0 saturated heterocycles. The van der Waals surface area contributed by atoms with Gasteiger partial charge in [-0.2, -0.15) is 0 Å². The number of carbonyl (C=O) groups excluding carboxylic acids is 2. The number of thioether (sulfide) groups is 1. The molecule has 1 N–H and O–H groups in total. The smallest absolute Gasteiger partial charge is 0.262 e. The Hall–Kier alpha value is -2.45. The zero-order chi connectivity index (χ0) is 22.0. The second-order valence-corrected chi connectivity index (χ2v) is 9.80. The number of aromatic nitrogens is 2. The number of aryl methyl sites for hydroxylation is 2. The summed E-state index contributed by atoms with van der Waals surface area (Å²) in [4.78, 5) is 43.5. The fraction of sp³-hybridized carbons (Fsp3) is 0.364. The number of benzene rings is 1. The number of Topliss-reactive ketones (excluding diaryl/α,β-unsaturated/α-hetero) is 1. The molecule has 1 aromatic carbocycles. The number of nitrogens with one attached hydrogen (secondary N) is 1. The van der Waals surface area contributed by atoms with Gasteiger partial charge in [-0.25, -0.2) is 4.98 Å². The molecule has 2 aromatic heterocycles. The lowest BCUT2D eigenvalue weighted by Crippen LogP contribution is -2.20. The minimum atomic E-state index is -0.0849. The van der Waals surface area contributed by atoms with Crippen LogP contribution in [0.25, 0.3) is 10.2 Å². The Morgan fingerprint density at radius 3 is 2.50 bits per heavy atom. The summed E-state index contributed by atoms with van der Waals surface area (Å²) in [6.45, 7) is 7.89. The van der Waals surface area contributed by atoms with Crippen molar-refractivity contribution in [2.24, 2.45) is 13.0 Å². The molecule has 0 aliphatic carbocycles. The predicted octanol–water partition coefficient (Wildman–Crippen LogP) is 4.57. The lowest BCUT2D eigenvalue weighted by molar-refractivity contribution is -0.116. The van der Waals surface area contributed by atoms with Crippen molar-refractivity contribution in [3.8, 4) is 0 Å². The van der Waals surface area contributed by atoms with Gasteiger partial charge in [-0.1, -0.05) is 25.6 Å². The second-order valence-electron chi connectivity index (χ2n) is 7.66. The molecule has 0 saturated carbocycles. The van der Waals surface area contributed by atoms with Gasteiger partial charge in [-0.05, 0) is 49.6 Å². The van der Waals surface area contributed by atoms with Gasteiger partial charge in [0.05, 0.1) is 11.1 Å². The predicted molar refractivity (Wildman–Crippen MR) is 124 cm³/mol. The highest BCUT2D eigenvalue weighted by Gasteiger charge is 2.16. The largest absolute Gasteiger partial charge is 0.326 e. The van der Waals surface area contributed by atoms with Crippen LogP contribution in [0.1, 0.15) is 41.1 Å². The first-order valence-electron chi connectivity index (χ1n) is 9.70. The van der Waals surface area contributed by atoms with E-state index in [2.05, 4.69) is 10.3 Å². The van der Waals surface area contributed by atoms with E-state index >= 15 is 0 Å². The Balaban J connectivity index is 1.69. The summed E-state index contributed by atoms with van der Waals surface area (Å²) in [7, 11) is 1.68. The Morgan fingerprint density at radius 1 is 1.20 bits per heavy atom. The third kappa shape index (κ3) is 4.82. The Labute approximate surface area is 183 Å². The highest BCUT2D eigenvalue weighted by molar-refractivity contribution is 7.99. The van der Waals surface area contributed by atoms with E-state index in [0.717, 1.165) is 10.4 Å². The van der Waals surface area contributed by atoms with E-state index in [1.807, 2.05) is 27.7 Å². The van der Waals surface area contributed by atoms with Gasteiger partial charge in [0, 0.05) is 29.6 Å². The van der Waals surface area contributed by atoms with Crippen LogP contribution in [0.4, 0.5) is 5.69 Å². The molecule has 0 aliphatic heterocycles. The molecule has 0 radical (unpaired) electrons. The lowest BCUT2D eigenvalue weighted by Gasteiger charge is -2.09. The number of anilines is 1. The van der Waals surface area contributed by atoms with E-state index in [9.17, 15) is 14.4 Å². The third-order valence-corrected chi connectivity index (χ3v) is 6.92. The molecular formula is C22H25N3O3S2. The van der Waals surface area contributed by atoms with Crippen LogP contribution in [0.3, 0.4) is 0 Å². The summed E-state index contributed by atoms with van der Waals surface area (Å²) < 4.78 is 1.51. The van der Waals surface area contributed by atoms with E-state index in [0.29, 0.717) is 33.0 Å². The molecule has 0 atom stereocenters. The van der Waals surface area contributed by atoms with E-state index in [-0.39, 0.29) is 28.9 Å². The van der Waals surface area contributed by atoms with Crippen molar-refractivity contribution in [2.45, 2.75) is 39.3 Å². The normalized spacial score (nSPS) is 11.3. The number of carbonyl (C=O) groups is 2. The summed E-state index contributed by atoms with van der Waals surface area (Å²) in [6, 6.07) is 6.87. The number of hydrogen-bond acceptors (Lipinski definition) is 6. The molecule has 0 aliphatic rings. The molecule has 0 fully saturated rings. The monoisotopic (exact) mass is 443 g/mol. The summed E-state index contributed by atoms with van der Waals surface area (Å²) in [5.74, 6) is 0.358. The van der Waals surface area contributed by atoms with Crippen molar-refractivity contribution in [1.29, 1.82) is 0 Å². The van der Waals surface area contributed by atoms with E-state index < -0.39 is 0 Å². The van der Waals surface area contributed by atoms with E-state index in [4.69, 9.17) is 0 Å². The Morgan fingerprint density at radius 2 is 1.87 bits per heavy atom. The molecule has 158 valence electrons. The SMILES string of the molecule is Cc1sc2nc(SCC(=O)c3ccc(NC(=O)CC(C)C)cc3)n(C)c(=O)c2c1C. The van der Waals surface area contributed by atoms with Crippen molar-refractivity contribution in [3.05, 3.63) is 50.6 Å². The minimum Gasteiger partial charge on any atom is -0.326 e. The highest BCUT2D eigenvalue weighted by atomic mass is 32.2. The zero-order valence-electron chi connectivity index (χ0n) is 17.7. The summed E-state index contributed by atoms with van der Waals surface area (Å²) in [5, 5.41) is 4.02. The molecule has 0 bridgehead atoms. The topological polar surface area (TPSA) is 81.1 Å². The highest BCUT2D eigenvalue weighted by Crippen LogP contribution is 2.28. The first-order valence-corrected chi connectivity index (χ1v) is 11.5. The lowest BCUT2D eigenvalue weighted by atomic mass is 10.1. The number of rotatable bonds is 7. The van der Waals surface area contributed by atoms with E-state index in [1.54, 1.807) is 31.3 Å². The van der Waals surface area contributed by atoms with Crippen LogP contribution in [-0.2, 0) is 11.8 Å². The third-order valence-electron chi connectivity index (χ3n) is 4.79. The standard InChI is InChI=1S/C22H25N3O3S2/c1-12(2)10-18(27)23-16-8-6-15(7-9-16)17(26)11-29-22-24-20-19(21(28)25(22)5)13(3)14(4)30-20/h6-9,12H,10-11H2,1-5H3,(H,23,27). The number of nitrogens with zero attached hydrogens (tertiary/aromatic N) is 2. The van der Waals surface area contributed by atoms with Crippen LogP contribution in [0, 0.1) is 19.8 Å². The van der Waals surface area contributed by atoms with Crippen molar-refractivity contribution in [2.75, 3.05) is 11.1 Å². The minimum absolute atomic E-state index is 0.0407. The maximum Gasteiger partial charge on any atom is 0.262 e. The first-order chi connectivity index (χ1) is 14.2. The molecule has 1 amide bonds. The van der Waals surface area contributed by atoms with Crippen LogP contribution in [0.2, 0.25) is 0 Å². The maximum absolute atomic E-state index is 12.7. The molecule has 2 heterocycles. The van der Waals surface area contributed by atoms with Crippen molar-refractivity contribution in [1.82, 2.24) is 9.55 Å². The molecular weight excluding hydrogens is 418 g/mol. The number of ketones is 1. The average molecular weight is 444 g/mol. The Bertz CT molecular complexity index is 1160. The van der Waals surface area contributed by atoms with E-state index in [1.165, 1.54) is 27.7 Å². The summed E-state index contributed by atoms with van der Waals surface area (Å²) in [6.07, 6.45) is 0.455. The van der Waals surface area contributed by atoms with Crippen molar-refractivity contribution < 1.29 is 9.59 Å². The molecule has 8 heteroatoms. The second kappa shape index (κ2) is 9.14. The molecule has 3 aromatic rings. The van der Waals surface area contributed by atoms with Gasteiger partial charge in [-0.3, -0.25) is 19.0 Å². The zero-order valence-corrected chi connectivity index (χ0v) is 19.4. The molecule has 3 rings (SSSR count). The number of amides is 1. The number of thiophene rings is 1. The molecule has 0 spiro atoms. The van der Waals surface area contributed by atoms with Crippen LogP contribution in [0.5, 0.6) is 0 Å². The van der Waals surface area contributed by atoms with Crippen LogP contribution < -0.4 is 10.9 Å². The molecule has 6 nitrogen and oxygen atoms in total. The quantitative estimate of drug-likeness (QED) is 0.329. The average Bonchev–Trinajstić information content (AvgIpc) is 2.97. The fourth-order valence-electron chi connectivity index (χ4n) is 3.02. The molecule has 0 unspecified atom stereocenters. The van der Waals surface area contributed by atoms with Gasteiger partial charge in [0.15, 0.2) is 10.9 Å². The van der Waals surface area contributed by atoms with Gasteiger partial charge in [0.2, 0.25) is 5.91 Å². The first kappa shape index (κ1) is 22.2. The number of hydrogen-bond donors (Lipinski definition) is 1. The van der Waals surface area contributed by atoms with Gasteiger partial charge in [-0.15, -0.1) is 11.3 Å². The van der Waals surface area contributed by atoms with Gasteiger partial charge in [0.1, 0.15) is 4.83 Å². The van der Waals surface area contributed by atoms with Crippen LogP contribution in [0.15, 0.2) is 34.2 Å². The summed E-state index contributed by atoms with van der Waals surface area (Å²) in [5.41, 5.74) is 2.11. The maximum atomic E-state index is 12.7. The molecule has 30 heavy (non-hydrogen) atoms. The van der Waals surface area contributed by atoms with Gasteiger partial charge < -0.3 is 5.32 Å². The van der Waals surface area contributed by atoms with Crippen molar-refractivity contribution >= 4 is 50.7 Å². The van der Waals surface area contributed by atoms with Gasteiger partial charge in [0.25, 0.3) is 5.56 Å². The van der Waals surface area contributed by atoms with Crippen LogP contribution >= 0.6 is 23.1 Å². The van der Waals surface area contributed by atoms with Crippen LogP contribution in [-0.4, -0.2) is 27.0 Å². The number of fused-ring (bicyclic) bond motifs is 1.